The van der Waals surface area contributed by atoms with E-state index in [9.17, 15) is 4.79 Å². The number of carbonyl (C=O) groups excluding carboxylic acids is 1. The normalized spacial score (nSPS) is 32.9. The molecule has 2 rings (SSSR count). The Kier molecular flexibility index (Phi) is 5.30. The van der Waals surface area contributed by atoms with Crippen LogP contribution in [0.25, 0.3) is 0 Å². The monoisotopic (exact) mass is 226 g/mol. The maximum absolute atomic E-state index is 11.6. The van der Waals surface area contributed by atoms with Crippen LogP contribution >= 0.6 is 0 Å². The third-order valence-electron chi connectivity index (χ3n) is 3.96. The van der Waals surface area contributed by atoms with Crippen molar-refractivity contribution < 1.29 is 9.53 Å². The highest BCUT2D eigenvalue weighted by molar-refractivity contribution is 5.72. The van der Waals surface area contributed by atoms with Crippen LogP contribution in [0.1, 0.15) is 59.8 Å². The van der Waals surface area contributed by atoms with E-state index in [4.69, 9.17) is 4.74 Å². The lowest BCUT2D eigenvalue weighted by Crippen LogP contribution is -2.26. The summed E-state index contributed by atoms with van der Waals surface area (Å²) in [5.74, 6) is 1.64. The summed E-state index contributed by atoms with van der Waals surface area (Å²) in [7, 11) is 0. The average Bonchev–Trinajstić information content (AvgIpc) is 2.92. The molecule has 0 saturated heterocycles. The van der Waals surface area contributed by atoms with Crippen molar-refractivity contribution in [1.29, 1.82) is 0 Å². The van der Waals surface area contributed by atoms with Gasteiger partial charge < -0.3 is 4.74 Å². The molecule has 0 radical (unpaired) electrons. The second kappa shape index (κ2) is 6.27. The lowest BCUT2D eigenvalue weighted by molar-refractivity contribution is -0.156. The first kappa shape index (κ1) is 13.5. The highest BCUT2D eigenvalue weighted by Gasteiger charge is 2.41. The van der Waals surface area contributed by atoms with Crippen LogP contribution in [0.3, 0.4) is 0 Å². The van der Waals surface area contributed by atoms with E-state index in [2.05, 4.69) is 0 Å². The zero-order chi connectivity index (χ0) is 12.1. The predicted molar refractivity (Wildman–Crippen MR) is 66.1 cm³/mol. The molecule has 0 amide bonds. The highest BCUT2D eigenvalue weighted by atomic mass is 16.5. The molecule has 0 spiro atoms. The molecule has 2 aliphatic rings. The van der Waals surface area contributed by atoms with Crippen LogP contribution in [0.4, 0.5) is 0 Å². The SMILES string of the molecule is CC.CCC(C)C(=O)OC1CC2CCC1C2. The Balaban J connectivity index is 0.000000606. The van der Waals surface area contributed by atoms with Crippen LogP contribution in [0.2, 0.25) is 0 Å². The Bertz CT molecular complexity index is 225. The van der Waals surface area contributed by atoms with Gasteiger partial charge >= 0.3 is 5.97 Å². The van der Waals surface area contributed by atoms with Crippen molar-refractivity contribution in [3.63, 3.8) is 0 Å². The largest absolute Gasteiger partial charge is 0.462 e. The minimum atomic E-state index is 0.0186. The second-order valence-electron chi connectivity index (χ2n) is 4.96. The maximum atomic E-state index is 11.6. The summed E-state index contributed by atoms with van der Waals surface area (Å²) < 4.78 is 5.56. The Morgan fingerprint density at radius 1 is 1.31 bits per heavy atom. The van der Waals surface area contributed by atoms with Crippen molar-refractivity contribution in [2.45, 2.75) is 65.9 Å². The van der Waals surface area contributed by atoms with Gasteiger partial charge in [0.1, 0.15) is 6.10 Å². The molecular formula is C14H26O2. The summed E-state index contributed by atoms with van der Waals surface area (Å²) in [5.41, 5.74) is 0. The maximum Gasteiger partial charge on any atom is 0.308 e. The predicted octanol–water partition coefficient (Wildman–Crippen LogP) is 3.79. The first-order valence-corrected chi connectivity index (χ1v) is 6.91. The summed E-state index contributed by atoms with van der Waals surface area (Å²) in [6.45, 7) is 7.99. The van der Waals surface area contributed by atoms with E-state index in [1.807, 2.05) is 27.7 Å². The van der Waals surface area contributed by atoms with Gasteiger partial charge in [-0.05, 0) is 43.9 Å². The molecule has 0 aromatic heterocycles. The molecule has 4 atom stereocenters. The van der Waals surface area contributed by atoms with Gasteiger partial charge in [-0.3, -0.25) is 4.79 Å². The molecule has 2 aliphatic carbocycles. The number of fused-ring (bicyclic) bond motifs is 2. The van der Waals surface area contributed by atoms with Gasteiger partial charge in [0.2, 0.25) is 0 Å². The topological polar surface area (TPSA) is 26.3 Å². The first-order valence-electron chi connectivity index (χ1n) is 6.91. The zero-order valence-corrected chi connectivity index (χ0v) is 11.2. The number of carbonyl (C=O) groups is 1. The van der Waals surface area contributed by atoms with Crippen molar-refractivity contribution in [3.8, 4) is 0 Å². The van der Waals surface area contributed by atoms with Gasteiger partial charge in [0.25, 0.3) is 0 Å². The third-order valence-corrected chi connectivity index (χ3v) is 3.96. The first-order chi connectivity index (χ1) is 7.70. The van der Waals surface area contributed by atoms with Crippen LogP contribution in [-0.4, -0.2) is 12.1 Å². The lowest BCUT2D eigenvalue weighted by atomic mass is 9.97. The summed E-state index contributed by atoms with van der Waals surface area (Å²) in [6, 6.07) is 0. The van der Waals surface area contributed by atoms with Gasteiger partial charge in [0, 0.05) is 0 Å². The van der Waals surface area contributed by atoms with Crippen molar-refractivity contribution in [2.75, 3.05) is 0 Å². The van der Waals surface area contributed by atoms with Crippen LogP contribution < -0.4 is 0 Å². The smallest absolute Gasteiger partial charge is 0.308 e. The Morgan fingerprint density at radius 3 is 2.44 bits per heavy atom. The van der Waals surface area contributed by atoms with Gasteiger partial charge in [0.05, 0.1) is 5.92 Å². The molecule has 2 fully saturated rings. The summed E-state index contributed by atoms with van der Waals surface area (Å²) in [4.78, 5) is 11.6. The number of rotatable bonds is 3. The van der Waals surface area contributed by atoms with E-state index in [0.29, 0.717) is 5.92 Å². The number of hydrogen-bond acceptors (Lipinski definition) is 2. The number of ether oxygens (including phenoxy) is 1. The molecule has 16 heavy (non-hydrogen) atoms. The van der Waals surface area contributed by atoms with E-state index >= 15 is 0 Å². The lowest BCUT2D eigenvalue weighted by Gasteiger charge is -2.23. The van der Waals surface area contributed by atoms with Crippen LogP contribution in [-0.2, 0) is 9.53 Å². The molecule has 0 aromatic carbocycles. The fourth-order valence-corrected chi connectivity index (χ4v) is 2.76. The fourth-order valence-electron chi connectivity index (χ4n) is 2.76. The molecule has 0 heterocycles. The quantitative estimate of drug-likeness (QED) is 0.684. The van der Waals surface area contributed by atoms with Gasteiger partial charge in [-0.25, -0.2) is 0 Å². The van der Waals surface area contributed by atoms with Crippen LogP contribution in [0.15, 0.2) is 0 Å². The summed E-state index contributed by atoms with van der Waals surface area (Å²) in [6.07, 6.45) is 6.23. The Labute approximate surface area is 99.8 Å². The molecule has 2 heteroatoms. The Morgan fingerprint density at radius 2 is 2.00 bits per heavy atom. The van der Waals surface area contributed by atoms with E-state index in [1.54, 1.807) is 0 Å². The fraction of sp³-hybridized carbons (Fsp3) is 0.929. The molecule has 2 nitrogen and oxygen atoms in total. The molecular weight excluding hydrogens is 200 g/mol. The number of hydrogen-bond donors (Lipinski definition) is 0. The minimum absolute atomic E-state index is 0.0186. The molecule has 4 unspecified atom stereocenters. The summed E-state index contributed by atoms with van der Waals surface area (Å²) >= 11 is 0. The highest BCUT2D eigenvalue weighted by Crippen LogP contribution is 2.46. The van der Waals surface area contributed by atoms with Crippen LogP contribution in [0.5, 0.6) is 0 Å². The molecule has 2 bridgehead atoms. The van der Waals surface area contributed by atoms with E-state index < -0.39 is 0 Å². The van der Waals surface area contributed by atoms with Crippen molar-refractivity contribution in [2.24, 2.45) is 17.8 Å². The summed E-state index contributed by atoms with van der Waals surface area (Å²) in [5, 5.41) is 0. The van der Waals surface area contributed by atoms with Gasteiger partial charge in [-0.15, -0.1) is 0 Å². The van der Waals surface area contributed by atoms with Gasteiger partial charge in [-0.2, -0.15) is 0 Å². The van der Waals surface area contributed by atoms with E-state index in [0.717, 1.165) is 18.8 Å². The molecule has 94 valence electrons. The van der Waals surface area contributed by atoms with E-state index in [1.165, 1.54) is 19.3 Å². The minimum Gasteiger partial charge on any atom is -0.462 e. The van der Waals surface area contributed by atoms with Crippen molar-refractivity contribution in [3.05, 3.63) is 0 Å². The zero-order valence-electron chi connectivity index (χ0n) is 11.2. The van der Waals surface area contributed by atoms with Crippen molar-refractivity contribution >= 4 is 5.97 Å². The van der Waals surface area contributed by atoms with Crippen LogP contribution in [0, 0.1) is 17.8 Å². The molecule has 2 saturated carbocycles. The van der Waals surface area contributed by atoms with E-state index in [-0.39, 0.29) is 18.0 Å². The Hall–Kier alpha value is -0.530. The third kappa shape index (κ3) is 2.99. The van der Waals surface area contributed by atoms with Gasteiger partial charge in [0.15, 0.2) is 0 Å². The van der Waals surface area contributed by atoms with Gasteiger partial charge in [-0.1, -0.05) is 27.7 Å². The average molecular weight is 226 g/mol. The van der Waals surface area contributed by atoms with Crippen molar-refractivity contribution in [1.82, 2.24) is 0 Å². The number of esters is 1. The second-order valence-corrected chi connectivity index (χ2v) is 4.96. The molecule has 0 aliphatic heterocycles. The molecule has 0 N–H and O–H groups in total. The standard InChI is InChI=1S/C12H20O2.C2H6/c1-3-8(2)12(13)14-11-7-9-4-5-10(11)6-9;1-2/h8-11H,3-7H2,1-2H3;1-2H3. The molecule has 0 aromatic rings.